The van der Waals surface area contributed by atoms with E-state index in [0.717, 1.165) is 5.56 Å². The van der Waals surface area contributed by atoms with Crippen LogP contribution >= 0.6 is 0 Å². The molecule has 1 heterocycles. The predicted molar refractivity (Wildman–Crippen MR) is 98.9 cm³/mol. The second-order valence-electron chi connectivity index (χ2n) is 5.67. The van der Waals surface area contributed by atoms with Gasteiger partial charge in [-0.05, 0) is 66.6 Å². The number of carbonyl (C=O) groups is 1. The van der Waals surface area contributed by atoms with Gasteiger partial charge in [0.2, 0.25) is 5.91 Å². The summed E-state index contributed by atoms with van der Waals surface area (Å²) in [6, 6.07) is 19.9. The largest absolute Gasteiger partial charge is 0.457 e. The smallest absolute Gasteiger partial charge is 0.224 e. The molecule has 0 unspecified atom stereocenters. The number of hydrogen-bond acceptors (Lipinski definition) is 4. The van der Waals surface area contributed by atoms with Crippen LogP contribution in [-0.4, -0.2) is 10.9 Å². The zero-order chi connectivity index (χ0) is 18.2. The number of amides is 1. The van der Waals surface area contributed by atoms with Crippen molar-refractivity contribution in [3.8, 4) is 17.6 Å². The second kappa shape index (κ2) is 8.45. The first-order valence-electron chi connectivity index (χ1n) is 8.20. The maximum Gasteiger partial charge on any atom is 0.224 e. The summed E-state index contributed by atoms with van der Waals surface area (Å²) in [6.45, 7) is 0. The molecule has 1 aromatic heterocycles. The van der Waals surface area contributed by atoms with Gasteiger partial charge in [0, 0.05) is 24.5 Å². The minimum absolute atomic E-state index is 0.0467. The van der Waals surface area contributed by atoms with Gasteiger partial charge in [-0.3, -0.25) is 9.78 Å². The molecule has 0 aliphatic rings. The molecule has 0 saturated carbocycles. The first kappa shape index (κ1) is 17.2. The number of nitrogens with one attached hydrogen (secondary N) is 1. The Bertz CT molecular complexity index is 899. The lowest BCUT2D eigenvalue weighted by Crippen LogP contribution is -2.12. The van der Waals surface area contributed by atoms with Gasteiger partial charge >= 0.3 is 0 Å². The quantitative estimate of drug-likeness (QED) is 0.723. The van der Waals surface area contributed by atoms with Gasteiger partial charge in [-0.25, -0.2) is 0 Å². The van der Waals surface area contributed by atoms with E-state index >= 15 is 0 Å². The number of nitriles is 1. The van der Waals surface area contributed by atoms with E-state index in [4.69, 9.17) is 10.00 Å². The first-order chi connectivity index (χ1) is 12.7. The summed E-state index contributed by atoms with van der Waals surface area (Å²) in [5.41, 5.74) is 2.34. The van der Waals surface area contributed by atoms with Crippen LogP contribution < -0.4 is 10.1 Å². The van der Waals surface area contributed by atoms with Gasteiger partial charge in [-0.2, -0.15) is 5.26 Å². The molecular formula is C21H17N3O2. The van der Waals surface area contributed by atoms with Crippen molar-refractivity contribution in [1.29, 1.82) is 5.26 Å². The van der Waals surface area contributed by atoms with Gasteiger partial charge in [0.1, 0.15) is 11.5 Å². The number of pyridine rings is 1. The number of anilines is 1. The Balaban J connectivity index is 1.52. The Hall–Kier alpha value is -3.65. The van der Waals surface area contributed by atoms with Crippen molar-refractivity contribution in [3.63, 3.8) is 0 Å². The maximum atomic E-state index is 12.0. The standard InChI is InChI=1S/C21H17N3O2/c22-14-16-3-8-19(9-4-16)26-20-10-6-18(7-11-20)24-21(25)12-5-17-2-1-13-23-15-17/h1-4,6-11,13,15H,5,12H2,(H,24,25). The average Bonchev–Trinajstić information content (AvgIpc) is 2.69. The van der Waals surface area contributed by atoms with E-state index in [0.29, 0.717) is 35.6 Å². The molecule has 5 nitrogen and oxygen atoms in total. The molecular weight excluding hydrogens is 326 g/mol. The van der Waals surface area contributed by atoms with Crippen molar-refractivity contribution < 1.29 is 9.53 Å². The van der Waals surface area contributed by atoms with E-state index in [-0.39, 0.29) is 5.91 Å². The van der Waals surface area contributed by atoms with Crippen molar-refractivity contribution in [2.75, 3.05) is 5.32 Å². The Kier molecular flexibility index (Phi) is 5.58. The summed E-state index contributed by atoms with van der Waals surface area (Å²) in [6.07, 6.45) is 4.53. The summed E-state index contributed by atoms with van der Waals surface area (Å²) in [5, 5.41) is 11.7. The van der Waals surface area contributed by atoms with Crippen LogP contribution in [0, 0.1) is 11.3 Å². The molecule has 0 saturated heterocycles. The minimum atomic E-state index is -0.0467. The SMILES string of the molecule is N#Cc1ccc(Oc2ccc(NC(=O)CCc3cccnc3)cc2)cc1. The maximum absolute atomic E-state index is 12.0. The third-order valence-corrected chi connectivity index (χ3v) is 3.72. The Morgan fingerprint density at radius 2 is 1.73 bits per heavy atom. The highest BCUT2D eigenvalue weighted by atomic mass is 16.5. The lowest BCUT2D eigenvalue weighted by molar-refractivity contribution is -0.116. The number of nitrogens with zero attached hydrogens (tertiary/aromatic N) is 2. The van der Waals surface area contributed by atoms with Crippen molar-refractivity contribution in [2.24, 2.45) is 0 Å². The molecule has 2 aromatic carbocycles. The molecule has 128 valence electrons. The Morgan fingerprint density at radius 3 is 2.35 bits per heavy atom. The van der Waals surface area contributed by atoms with Crippen LogP contribution in [0.5, 0.6) is 11.5 Å². The fourth-order valence-corrected chi connectivity index (χ4v) is 2.37. The van der Waals surface area contributed by atoms with Crippen LogP contribution in [0.1, 0.15) is 17.5 Å². The van der Waals surface area contributed by atoms with Crippen molar-refractivity contribution in [3.05, 3.63) is 84.2 Å². The molecule has 0 aliphatic carbocycles. The molecule has 26 heavy (non-hydrogen) atoms. The average molecular weight is 343 g/mol. The lowest BCUT2D eigenvalue weighted by Gasteiger charge is -2.08. The third kappa shape index (κ3) is 4.92. The van der Waals surface area contributed by atoms with Gasteiger partial charge in [0.05, 0.1) is 11.6 Å². The highest BCUT2D eigenvalue weighted by molar-refractivity contribution is 5.90. The molecule has 0 bridgehead atoms. The van der Waals surface area contributed by atoms with Gasteiger partial charge in [-0.15, -0.1) is 0 Å². The van der Waals surface area contributed by atoms with E-state index in [2.05, 4.69) is 16.4 Å². The van der Waals surface area contributed by atoms with E-state index in [1.54, 1.807) is 60.9 Å². The van der Waals surface area contributed by atoms with Crippen molar-refractivity contribution >= 4 is 11.6 Å². The fraction of sp³-hybridized carbons (Fsp3) is 0.0952. The summed E-state index contributed by atoms with van der Waals surface area (Å²) >= 11 is 0. The first-order valence-corrected chi connectivity index (χ1v) is 8.20. The third-order valence-electron chi connectivity index (χ3n) is 3.72. The molecule has 0 radical (unpaired) electrons. The van der Waals surface area contributed by atoms with Gasteiger partial charge in [0.25, 0.3) is 0 Å². The fourth-order valence-electron chi connectivity index (χ4n) is 2.37. The summed E-state index contributed by atoms with van der Waals surface area (Å²) in [7, 11) is 0. The second-order valence-corrected chi connectivity index (χ2v) is 5.67. The summed E-state index contributed by atoms with van der Waals surface area (Å²) in [4.78, 5) is 16.1. The zero-order valence-corrected chi connectivity index (χ0v) is 14.1. The monoisotopic (exact) mass is 343 g/mol. The van der Waals surface area contributed by atoms with Crippen molar-refractivity contribution in [1.82, 2.24) is 4.98 Å². The van der Waals surface area contributed by atoms with Crippen LogP contribution in [0.25, 0.3) is 0 Å². The zero-order valence-electron chi connectivity index (χ0n) is 14.1. The van der Waals surface area contributed by atoms with Crippen LogP contribution in [0.3, 0.4) is 0 Å². The molecule has 0 aliphatic heterocycles. The van der Waals surface area contributed by atoms with Crippen LogP contribution in [0.15, 0.2) is 73.1 Å². The number of carbonyl (C=O) groups excluding carboxylic acids is 1. The number of rotatable bonds is 6. The molecule has 0 fully saturated rings. The molecule has 3 rings (SSSR count). The molecule has 3 aromatic rings. The minimum Gasteiger partial charge on any atom is -0.457 e. The Labute approximate surface area is 151 Å². The van der Waals surface area contributed by atoms with Crippen LogP contribution in [-0.2, 0) is 11.2 Å². The number of aryl methyl sites for hydroxylation is 1. The van der Waals surface area contributed by atoms with E-state index in [1.165, 1.54) is 0 Å². The van der Waals surface area contributed by atoms with Gasteiger partial charge in [-0.1, -0.05) is 6.07 Å². The van der Waals surface area contributed by atoms with Crippen LogP contribution in [0.2, 0.25) is 0 Å². The number of aromatic nitrogens is 1. The highest BCUT2D eigenvalue weighted by Gasteiger charge is 2.04. The van der Waals surface area contributed by atoms with E-state index in [1.807, 2.05) is 12.1 Å². The van der Waals surface area contributed by atoms with Crippen molar-refractivity contribution in [2.45, 2.75) is 12.8 Å². The molecule has 1 amide bonds. The van der Waals surface area contributed by atoms with E-state index < -0.39 is 0 Å². The summed E-state index contributed by atoms with van der Waals surface area (Å²) < 4.78 is 5.71. The van der Waals surface area contributed by atoms with E-state index in [9.17, 15) is 4.79 Å². The van der Waals surface area contributed by atoms with Gasteiger partial charge in [0.15, 0.2) is 0 Å². The lowest BCUT2D eigenvalue weighted by atomic mass is 10.1. The topological polar surface area (TPSA) is 75.0 Å². The molecule has 0 atom stereocenters. The molecule has 5 heteroatoms. The summed E-state index contributed by atoms with van der Waals surface area (Å²) in [5.74, 6) is 1.26. The normalized spacial score (nSPS) is 9.96. The van der Waals surface area contributed by atoms with Gasteiger partial charge < -0.3 is 10.1 Å². The number of hydrogen-bond donors (Lipinski definition) is 1. The Morgan fingerprint density at radius 1 is 1.04 bits per heavy atom. The number of ether oxygens (including phenoxy) is 1. The molecule has 1 N–H and O–H groups in total. The molecule has 0 spiro atoms. The van der Waals surface area contributed by atoms with Crippen LogP contribution in [0.4, 0.5) is 5.69 Å². The highest BCUT2D eigenvalue weighted by Crippen LogP contribution is 2.23. The predicted octanol–water partition coefficient (Wildman–Crippen LogP) is 4.32. The number of benzene rings is 2.